The molecule has 4 rings (SSSR count). The number of rotatable bonds is 8. The molecule has 0 radical (unpaired) electrons. The smallest absolute Gasteiger partial charge is 0.362 e. The zero-order valence-corrected chi connectivity index (χ0v) is 18.9. The van der Waals surface area contributed by atoms with Gasteiger partial charge in [-0.15, -0.1) is 0 Å². The topological polar surface area (TPSA) is 59.7 Å². The number of nitrogens with zero attached hydrogens (tertiary/aromatic N) is 4. The largest absolute Gasteiger partial charge is 0.436 e. The fourth-order valence-corrected chi connectivity index (χ4v) is 4.06. The van der Waals surface area contributed by atoms with Crippen LogP contribution < -0.4 is 10.6 Å². The molecule has 2 heterocycles. The molecule has 33 heavy (non-hydrogen) atoms. The van der Waals surface area contributed by atoms with Crippen LogP contribution in [0.3, 0.4) is 0 Å². The average Bonchev–Trinajstić information content (AvgIpc) is 3.39. The van der Waals surface area contributed by atoms with E-state index in [9.17, 15) is 17.6 Å². The second-order valence-electron chi connectivity index (χ2n) is 7.77. The van der Waals surface area contributed by atoms with Crippen molar-refractivity contribution in [2.75, 3.05) is 11.9 Å². The first-order chi connectivity index (χ1) is 15.7. The molecule has 0 spiro atoms. The molecular weight excluding hydrogens is 480 g/mol. The number of aryl methyl sites for hydroxylation is 1. The van der Waals surface area contributed by atoms with Gasteiger partial charge in [0.2, 0.25) is 0 Å². The lowest BCUT2D eigenvalue weighted by Gasteiger charge is -2.10. The van der Waals surface area contributed by atoms with Crippen molar-refractivity contribution in [3.8, 4) is 0 Å². The maximum Gasteiger partial charge on any atom is 0.436 e. The maximum absolute atomic E-state index is 13.8. The van der Waals surface area contributed by atoms with Gasteiger partial charge in [-0.3, -0.25) is 9.36 Å². The zero-order chi connectivity index (χ0) is 23.6. The Hall–Kier alpha value is -2.66. The normalized spacial score (nSPS) is 13.8. The van der Waals surface area contributed by atoms with Crippen molar-refractivity contribution in [1.29, 1.82) is 0 Å². The van der Waals surface area contributed by atoms with E-state index in [2.05, 4.69) is 20.8 Å². The molecule has 176 valence electrons. The molecule has 0 aliphatic heterocycles. The Morgan fingerprint density at radius 2 is 1.94 bits per heavy atom. The molecule has 0 atom stereocenters. The van der Waals surface area contributed by atoms with Gasteiger partial charge in [-0.2, -0.15) is 23.4 Å². The van der Waals surface area contributed by atoms with Gasteiger partial charge in [0.25, 0.3) is 0 Å². The minimum absolute atomic E-state index is 0.0382. The third kappa shape index (κ3) is 5.83. The zero-order valence-electron chi connectivity index (χ0n) is 17.4. The summed E-state index contributed by atoms with van der Waals surface area (Å²) in [5, 5.41) is 14.0. The van der Waals surface area contributed by atoms with E-state index in [1.54, 1.807) is 35.1 Å². The van der Waals surface area contributed by atoms with Crippen LogP contribution in [0, 0.1) is 5.82 Å². The number of hydrogen-bond acceptors (Lipinski definition) is 3. The molecular formula is C21H21ClF4N6S. The Bertz CT molecular complexity index is 1140. The first-order valence-corrected chi connectivity index (χ1v) is 11.2. The summed E-state index contributed by atoms with van der Waals surface area (Å²) < 4.78 is 56.2. The van der Waals surface area contributed by atoms with Crippen LogP contribution in [0.1, 0.15) is 42.1 Å². The summed E-state index contributed by atoms with van der Waals surface area (Å²) >= 11 is 11.2. The molecule has 1 aliphatic carbocycles. The summed E-state index contributed by atoms with van der Waals surface area (Å²) in [5.41, 5.74) is -0.0434. The first-order valence-electron chi connectivity index (χ1n) is 10.4. The van der Waals surface area contributed by atoms with Crippen molar-refractivity contribution in [1.82, 2.24) is 24.9 Å². The number of thiocarbonyl (C=S) groups is 1. The quantitative estimate of drug-likeness (QED) is 0.253. The van der Waals surface area contributed by atoms with Crippen LogP contribution in [0.2, 0.25) is 5.02 Å². The van der Waals surface area contributed by atoms with Gasteiger partial charge in [0.1, 0.15) is 5.82 Å². The Morgan fingerprint density at radius 1 is 1.18 bits per heavy atom. The van der Waals surface area contributed by atoms with Crippen molar-refractivity contribution in [3.05, 3.63) is 64.3 Å². The minimum atomic E-state index is -4.58. The number of alkyl halides is 3. The summed E-state index contributed by atoms with van der Waals surface area (Å²) in [6.07, 6.45) is -0.739. The Balaban J connectivity index is 1.26. The van der Waals surface area contributed by atoms with Crippen LogP contribution in [0.4, 0.5) is 23.4 Å². The number of halogens is 5. The van der Waals surface area contributed by atoms with E-state index in [0.29, 0.717) is 35.2 Å². The van der Waals surface area contributed by atoms with E-state index in [-0.39, 0.29) is 29.8 Å². The lowest BCUT2D eigenvalue weighted by molar-refractivity contribution is -0.141. The second-order valence-corrected chi connectivity index (χ2v) is 8.55. The molecule has 12 heteroatoms. The van der Waals surface area contributed by atoms with E-state index in [4.69, 9.17) is 23.8 Å². The van der Waals surface area contributed by atoms with Crippen molar-refractivity contribution in [3.63, 3.8) is 0 Å². The fraction of sp³-hybridized carbons (Fsp3) is 0.381. The molecule has 6 nitrogen and oxygen atoms in total. The highest BCUT2D eigenvalue weighted by atomic mass is 35.5. The van der Waals surface area contributed by atoms with Gasteiger partial charge in [0.05, 0.1) is 17.3 Å². The number of hydrogen-bond donors (Lipinski definition) is 2. The van der Waals surface area contributed by atoms with E-state index >= 15 is 0 Å². The Labute approximate surface area is 197 Å². The van der Waals surface area contributed by atoms with E-state index in [1.807, 2.05) is 0 Å². The van der Waals surface area contributed by atoms with Crippen molar-refractivity contribution >= 4 is 34.7 Å². The van der Waals surface area contributed by atoms with Gasteiger partial charge >= 0.3 is 6.18 Å². The molecule has 0 saturated heterocycles. The van der Waals surface area contributed by atoms with Gasteiger partial charge in [-0.25, -0.2) is 4.39 Å². The van der Waals surface area contributed by atoms with Gasteiger partial charge in [-0.1, -0.05) is 29.8 Å². The van der Waals surface area contributed by atoms with Crippen LogP contribution in [0.25, 0.3) is 0 Å². The van der Waals surface area contributed by atoms with Crippen LogP contribution >= 0.6 is 23.8 Å². The lowest BCUT2D eigenvalue weighted by Crippen LogP contribution is -2.30. The summed E-state index contributed by atoms with van der Waals surface area (Å²) in [7, 11) is 0. The predicted molar refractivity (Wildman–Crippen MR) is 121 cm³/mol. The van der Waals surface area contributed by atoms with E-state index in [1.165, 1.54) is 10.7 Å². The van der Waals surface area contributed by atoms with Crippen molar-refractivity contribution < 1.29 is 17.6 Å². The molecule has 1 saturated carbocycles. The van der Waals surface area contributed by atoms with Crippen LogP contribution in [0.15, 0.2) is 36.5 Å². The molecule has 1 fully saturated rings. The van der Waals surface area contributed by atoms with Gasteiger partial charge in [0, 0.05) is 36.8 Å². The first kappa shape index (κ1) is 23.5. The van der Waals surface area contributed by atoms with Crippen LogP contribution in [0.5, 0.6) is 0 Å². The van der Waals surface area contributed by atoms with Gasteiger partial charge in [-0.05, 0) is 37.5 Å². The monoisotopic (exact) mass is 500 g/mol. The number of aromatic nitrogens is 4. The maximum atomic E-state index is 13.8. The predicted octanol–water partition coefficient (Wildman–Crippen LogP) is 5.19. The third-order valence-electron chi connectivity index (χ3n) is 5.17. The Morgan fingerprint density at radius 3 is 2.64 bits per heavy atom. The SMILES string of the molecule is Fc1ccccc1Cn1ccc(NC(=S)NCCCn2nc(C(F)(F)F)c(Cl)c2C2CC2)n1. The molecule has 2 aromatic heterocycles. The van der Waals surface area contributed by atoms with Gasteiger partial charge in [0.15, 0.2) is 16.6 Å². The van der Waals surface area contributed by atoms with Gasteiger partial charge < -0.3 is 10.6 Å². The summed E-state index contributed by atoms with van der Waals surface area (Å²) in [4.78, 5) is 0. The second kappa shape index (κ2) is 9.68. The summed E-state index contributed by atoms with van der Waals surface area (Å²) in [6.45, 7) is 0.990. The van der Waals surface area contributed by atoms with Crippen LogP contribution in [-0.2, 0) is 19.3 Å². The minimum Gasteiger partial charge on any atom is -0.362 e. The summed E-state index contributed by atoms with van der Waals surface area (Å²) in [5.74, 6) is 0.232. The highest BCUT2D eigenvalue weighted by molar-refractivity contribution is 7.80. The highest BCUT2D eigenvalue weighted by Crippen LogP contribution is 2.46. The van der Waals surface area contributed by atoms with Crippen molar-refractivity contribution in [2.24, 2.45) is 0 Å². The molecule has 3 aromatic rings. The van der Waals surface area contributed by atoms with E-state index < -0.39 is 11.9 Å². The third-order valence-corrected chi connectivity index (χ3v) is 5.79. The summed E-state index contributed by atoms with van der Waals surface area (Å²) in [6, 6.07) is 8.18. The van der Waals surface area contributed by atoms with Crippen LogP contribution in [-0.4, -0.2) is 31.2 Å². The molecule has 2 N–H and O–H groups in total. The molecule has 0 unspecified atom stereocenters. The lowest BCUT2D eigenvalue weighted by atomic mass is 10.2. The molecule has 1 aromatic carbocycles. The van der Waals surface area contributed by atoms with Crippen molar-refractivity contribution in [2.45, 2.75) is 44.4 Å². The Kier molecular flexibility index (Phi) is 6.89. The number of benzene rings is 1. The van der Waals surface area contributed by atoms with E-state index in [0.717, 1.165) is 12.8 Å². The highest BCUT2D eigenvalue weighted by Gasteiger charge is 2.41. The number of nitrogens with one attached hydrogen (secondary N) is 2. The average molecular weight is 501 g/mol. The molecule has 1 aliphatic rings. The molecule has 0 bridgehead atoms. The standard InChI is InChI=1S/C21H21ClF4N6S/c22-17-18(13-6-7-13)32(30-19(17)21(24,25)26)10-3-9-27-20(33)28-16-8-11-31(29-16)12-14-4-1-2-5-15(14)23/h1-2,4-5,8,11,13H,3,6-7,9-10,12H2,(H2,27,28,29,33). The molecule has 0 amide bonds. The fourth-order valence-electron chi connectivity index (χ4n) is 3.46. The number of anilines is 1.